The molecule has 1 aromatic carbocycles. The van der Waals surface area contributed by atoms with Gasteiger partial charge in [0.15, 0.2) is 5.65 Å². The lowest BCUT2D eigenvalue weighted by atomic mass is 10.1. The van der Waals surface area contributed by atoms with E-state index in [0.717, 1.165) is 21.4 Å². The van der Waals surface area contributed by atoms with Crippen LogP contribution in [0.2, 0.25) is 0 Å². The van der Waals surface area contributed by atoms with Crippen molar-refractivity contribution in [1.29, 1.82) is 0 Å². The number of carbonyl (C=O) groups excluding carboxylic acids is 1. The second-order valence-corrected chi connectivity index (χ2v) is 6.15. The quantitative estimate of drug-likeness (QED) is 0.472. The zero-order valence-corrected chi connectivity index (χ0v) is 15.1. The number of fused-ring (bicyclic) bond motifs is 1. The molecule has 0 atom stereocenters. The van der Waals surface area contributed by atoms with Crippen molar-refractivity contribution in [3.05, 3.63) is 70.1 Å². The summed E-state index contributed by atoms with van der Waals surface area (Å²) in [4.78, 5) is 17.1. The number of pyridine rings is 1. The number of aromatic nitrogens is 2. The van der Waals surface area contributed by atoms with Crippen LogP contribution in [0.1, 0.15) is 28.7 Å². The molecule has 4 nitrogen and oxygen atoms in total. The predicted molar refractivity (Wildman–Crippen MR) is 98.6 cm³/mol. The number of ketones is 1. The van der Waals surface area contributed by atoms with Crippen molar-refractivity contribution < 1.29 is 9.53 Å². The van der Waals surface area contributed by atoms with Gasteiger partial charge in [-0.3, -0.25) is 9.20 Å². The lowest BCUT2D eigenvalue weighted by Crippen LogP contribution is -2.02. The molecular weight excluding hydrogens is 368 g/mol. The molecule has 0 aliphatic carbocycles. The summed E-state index contributed by atoms with van der Waals surface area (Å²) in [7, 11) is 0. The van der Waals surface area contributed by atoms with Crippen molar-refractivity contribution in [3.8, 4) is 5.75 Å². The second-order valence-electron chi connectivity index (χ2n) is 5.30. The summed E-state index contributed by atoms with van der Waals surface area (Å²) in [6.45, 7) is 4.43. The van der Waals surface area contributed by atoms with Crippen LogP contribution in [-0.2, 0) is 0 Å². The largest absolute Gasteiger partial charge is 0.494 e. The molecule has 3 rings (SSSR count). The van der Waals surface area contributed by atoms with Crippen molar-refractivity contribution in [1.82, 2.24) is 9.38 Å². The number of aryl methyl sites for hydroxylation is 1. The first-order valence-electron chi connectivity index (χ1n) is 7.68. The number of ether oxygens (including phenoxy) is 1. The third-order valence-corrected chi connectivity index (χ3v) is 4.25. The molecule has 0 radical (unpaired) electrons. The molecule has 0 amide bonds. The molecule has 0 unspecified atom stereocenters. The van der Waals surface area contributed by atoms with E-state index >= 15 is 0 Å². The van der Waals surface area contributed by atoms with Crippen LogP contribution in [0.4, 0.5) is 0 Å². The SMILES string of the molecule is CCOc1ccc(/C=C/C(=O)c2c(C)nc3c(Br)cccn23)cc1. The van der Waals surface area contributed by atoms with E-state index in [0.29, 0.717) is 18.0 Å². The van der Waals surface area contributed by atoms with E-state index in [1.165, 1.54) is 0 Å². The Morgan fingerprint density at radius 3 is 2.75 bits per heavy atom. The molecule has 0 aliphatic heterocycles. The Balaban J connectivity index is 1.87. The molecule has 0 aliphatic rings. The van der Waals surface area contributed by atoms with Gasteiger partial charge in [0.05, 0.1) is 16.8 Å². The lowest BCUT2D eigenvalue weighted by Gasteiger charge is -2.02. The van der Waals surface area contributed by atoms with E-state index in [4.69, 9.17) is 4.74 Å². The molecule has 5 heteroatoms. The number of rotatable bonds is 5. The highest BCUT2D eigenvalue weighted by atomic mass is 79.9. The summed E-state index contributed by atoms with van der Waals surface area (Å²) in [6, 6.07) is 11.4. The van der Waals surface area contributed by atoms with Gasteiger partial charge in [0.2, 0.25) is 5.78 Å². The highest BCUT2D eigenvalue weighted by molar-refractivity contribution is 9.10. The van der Waals surface area contributed by atoms with Crippen molar-refractivity contribution in [3.63, 3.8) is 0 Å². The molecule has 0 bridgehead atoms. The fraction of sp³-hybridized carbons (Fsp3) is 0.158. The topological polar surface area (TPSA) is 43.6 Å². The van der Waals surface area contributed by atoms with E-state index in [9.17, 15) is 4.79 Å². The molecule has 122 valence electrons. The van der Waals surface area contributed by atoms with Gasteiger partial charge in [0, 0.05) is 6.20 Å². The fourth-order valence-corrected chi connectivity index (χ4v) is 2.97. The molecule has 0 saturated carbocycles. The number of nitrogens with zero attached hydrogens (tertiary/aromatic N) is 2. The van der Waals surface area contributed by atoms with Crippen molar-refractivity contribution in [2.45, 2.75) is 13.8 Å². The van der Waals surface area contributed by atoms with Gasteiger partial charge in [0.25, 0.3) is 0 Å². The van der Waals surface area contributed by atoms with Crippen LogP contribution in [0.25, 0.3) is 11.7 Å². The molecule has 0 fully saturated rings. The van der Waals surface area contributed by atoms with E-state index in [1.807, 2.05) is 60.8 Å². The maximum atomic E-state index is 12.6. The van der Waals surface area contributed by atoms with Crippen LogP contribution in [0.15, 0.2) is 53.1 Å². The van der Waals surface area contributed by atoms with Crippen molar-refractivity contribution in [2.24, 2.45) is 0 Å². The minimum Gasteiger partial charge on any atom is -0.494 e. The van der Waals surface area contributed by atoms with Gasteiger partial charge in [-0.1, -0.05) is 18.2 Å². The molecule has 0 spiro atoms. The minimum atomic E-state index is -0.0769. The van der Waals surface area contributed by atoms with Gasteiger partial charge in [0.1, 0.15) is 11.4 Å². The number of allylic oxidation sites excluding steroid dienone is 1. The first-order valence-corrected chi connectivity index (χ1v) is 8.48. The van der Waals surface area contributed by atoms with Crippen LogP contribution in [-0.4, -0.2) is 21.8 Å². The average Bonchev–Trinajstić information content (AvgIpc) is 2.92. The molecule has 24 heavy (non-hydrogen) atoms. The molecular formula is C19H17BrN2O2. The summed E-state index contributed by atoms with van der Waals surface area (Å²) in [5.74, 6) is 0.746. The number of imidazole rings is 1. The summed E-state index contributed by atoms with van der Waals surface area (Å²) < 4.78 is 8.09. The number of carbonyl (C=O) groups is 1. The summed E-state index contributed by atoms with van der Waals surface area (Å²) in [5.41, 5.74) is 2.98. The summed E-state index contributed by atoms with van der Waals surface area (Å²) in [6.07, 6.45) is 5.22. The maximum absolute atomic E-state index is 12.6. The Labute approximate surface area is 148 Å². The first-order chi connectivity index (χ1) is 11.6. The summed E-state index contributed by atoms with van der Waals surface area (Å²) >= 11 is 3.46. The number of halogens is 1. The van der Waals surface area contributed by atoms with Gasteiger partial charge in [-0.25, -0.2) is 4.98 Å². The lowest BCUT2D eigenvalue weighted by molar-refractivity contribution is 0.104. The number of hydrogen-bond donors (Lipinski definition) is 0. The smallest absolute Gasteiger partial charge is 0.204 e. The predicted octanol–water partition coefficient (Wildman–Crippen LogP) is 4.70. The Hall–Kier alpha value is -2.40. The molecule has 2 aromatic heterocycles. The van der Waals surface area contributed by atoms with Crippen molar-refractivity contribution in [2.75, 3.05) is 6.61 Å². The van der Waals surface area contributed by atoms with E-state index < -0.39 is 0 Å². The standard InChI is InChI=1S/C19H17BrN2O2/c1-3-24-15-9-6-14(7-10-15)8-11-17(23)18-13(2)21-19-16(20)5-4-12-22(18)19/h4-12H,3H2,1-2H3/b11-8+. The Morgan fingerprint density at radius 1 is 1.29 bits per heavy atom. The van der Waals surface area contributed by atoms with Gasteiger partial charge < -0.3 is 4.74 Å². The van der Waals surface area contributed by atoms with Crippen molar-refractivity contribution >= 4 is 33.4 Å². The van der Waals surface area contributed by atoms with Crippen LogP contribution in [0.5, 0.6) is 5.75 Å². The molecule has 3 aromatic rings. The number of benzene rings is 1. The molecule has 2 heterocycles. The molecule has 0 N–H and O–H groups in total. The van der Waals surface area contributed by atoms with E-state index in [2.05, 4.69) is 20.9 Å². The van der Waals surface area contributed by atoms with Gasteiger partial charge in [-0.15, -0.1) is 0 Å². The van der Waals surface area contributed by atoms with Gasteiger partial charge in [-0.05, 0) is 65.7 Å². The van der Waals surface area contributed by atoms with Gasteiger partial charge >= 0.3 is 0 Å². The Morgan fingerprint density at radius 2 is 2.04 bits per heavy atom. The van der Waals surface area contributed by atoms with Crippen LogP contribution in [0.3, 0.4) is 0 Å². The third kappa shape index (κ3) is 3.26. The third-order valence-electron chi connectivity index (χ3n) is 3.63. The van der Waals surface area contributed by atoms with Gasteiger partial charge in [-0.2, -0.15) is 0 Å². The highest BCUT2D eigenvalue weighted by Crippen LogP contribution is 2.21. The Kier molecular flexibility index (Phi) is 4.81. The minimum absolute atomic E-state index is 0.0769. The summed E-state index contributed by atoms with van der Waals surface area (Å²) in [5, 5.41) is 0. The normalized spacial score (nSPS) is 11.3. The van der Waals surface area contributed by atoms with E-state index in [1.54, 1.807) is 12.2 Å². The number of hydrogen-bond acceptors (Lipinski definition) is 3. The Bertz CT molecular complexity index is 911. The highest BCUT2D eigenvalue weighted by Gasteiger charge is 2.15. The van der Waals surface area contributed by atoms with E-state index in [-0.39, 0.29) is 5.78 Å². The molecule has 0 saturated heterocycles. The average molecular weight is 385 g/mol. The maximum Gasteiger partial charge on any atom is 0.204 e. The zero-order valence-electron chi connectivity index (χ0n) is 13.5. The van der Waals surface area contributed by atoms with Crippen LogP contribution in [0, 0.1) is 6.92 Å². The first kappa shape index (κ1) is 16.5. The van der Waals surface area contributed by atoms with Crippen LogP contribution < -0.4 is 4.74 Å². The zero-order chi connectivity index (χ0) is 17.1. The fourth-order valence-electron chi connectivity index (χ4n) is 2.54. The monoisotopic (exact) mass is 384 g/mol. The second kappa shape index (κ2) is 7.01. The van der Waals surface area contributed by atoms with Crippen LogP contribution >= 0.6 is 15.9 Å².